The van der Waals surface area contributed by atoms with E-state index in [1.807, 2.05) is 11.3 Å². The molecule has 1 fully saturated rings. The van der Waals surface area contributed by atoms with Gasteiger partial charge in [-0.15, -0.1) is 11.3 Å². The van der Waals surface area contributed by atoms with Crippen molar-refractivity contribution >= 4 is 117 Å². The van der Waals surface area contributed by atoms with E-state index in [4.69, 9.17) is 0 Å². The van der Waals surface area contributed by atoms with Crippen molar-refractivity contribution in [2.45, 2.75) is 155 Å². The summed E-state index contributed by atoms with van der Waals surface area (Å²) in [6, 6.07) is 73.7. The average Bonchev–Trinajstić information content (AvgIpc) is 1.43. The third-order valence-electron chi connectivity index (χ3n) is 20.0. The molecule has 1 saturated carbocycles. The molecule has 2 unspecified atom stereocenters. The number of fused-ring (bicyclic) bond motifs is 10. The van der Waals surface area contributed by atoms with Gasteiger partial charge in [0.1, 0.15) is 0 Å². The molecule has 9 aromatic carbocycles. The van der Waals surface area contributed by atoms with E-state index in [0.717, 1.165) is 46.2 Å². The molecule has 10 aromatic rings. The summed E-state index contributed by atoms with van der Waals surface area (Å²) in [5.41, 5.74) is 23.9. The zero-order chi connectivity index (χ0) is 58.6. The molecule has 3 aliphatic heterocycles. The van der Waals surface area contributed by atoms with Crippen molar-refractivity contribution in [1.82, 2.24) is 0 Å². The van der Waals surface area contributed by atoms with Crippen LogP contribution in [-0.2, 0) is 27.1 Å². The molecule has 0 radical (unpaired) electrons. The van der Waals surface area contributed by atoms with Crippen LogP contribution in [0.25, 0.3) is 20.2 Å². The molecule has 422 valence electrons. The van der Waals surface area contributed by atoms with Crippen LogP contribution in [0.5, 0.6) is 0 Å². The van der Waals surface area contributed by atoms with Crippen LogP contribution in [-0.4, -0.2) is 12.3 Å². The molecule has 4 heterocycles. The second kappa shape index (κ2) is 19.0. The molecule has 0 amide bonds. The molecule has 1 aliphatic carbocycles. The fourth-order valence-electron chi connectivity index (χ4n) is 15.0. The highest BCUT2D eigenvalue weighted by Crippen LogP contribution is 2.62. The molecule has 2 atom stereocenters. The Labute approximate surface area is 504 Å². The molecule has 14 rings (SSSR count). The monoisotopic (exact) mass is 1120 g/mol. The van der Waals surface area contributed by atoms with Gasteiger partial charge >= 0.3 is 0 Å². The molecule has 4 nitrogen and oxygen atoms in total. The summed E-state index contributed by atoms with van der Waals surface area (Å²) in [7, 11) is 0. The van der Waals surface area contributed by atoms with E-state index in [1.165, 1.54) is 106 Å². The molecule has 0 bridgehead atoms. The van der Waals surface area contributed by atoms with Crippen molar-refractivity contribution in [3.8, 4) is 0 Å². The number of nitrogens with zero attached hydrogens (tertiary/aromatic N) is 4. The predicted octanol–water partition coefficient (Wildman–Crippen LogP) is 20.5. The van der Waals surface area contributed by atoms with E-state index >= 15 is 0 Å². The van der Waals surface area contributed by atoms with E-state index in [-0.39, 0.29) is 39.3 Å². The number of thiophene rings is 1. The summed E-state index contributed by atoms with van der Waals surface area (Å²) in [5.74, 6) is 0. The Morgan fingerprint density at radius 2 is 0.893 bits per heavy atom. The first-order valence-electron chi connectivity index (χ1n) is 30.9. The summed E-state index contributed by atoms with van der Waals surface area (Å²) in [4.78, 5) is 10.6. The molecule has 4 aliphatic rings. The van der Waals surface area contributed by atoms with Gasteiger partial charge in [0.15, 0.2) is 0 Å². The number of hydrogen-bond acceptors (Lipinski definition) is 5. The fraction of sp³-hybridized carbons (Fsp3) is 0.308. The third kappa shape index (κ3) is 8.50. The highest BCUT2D eigenvalue weighted by atomic mass is 32.1. The van der Waals surface area contributed by atoms with Gasteiger partial charge in [0, 0.05) is 82.5 Å². The van der Waals surface area contributed by atoms with E-state index in [9.17, 15) is 0 Å². The van der Waals surface area contributed by atoms with Crippen LogP contribution in [0, 0.1) is 0 Å². The molecule has 0 saturated heterocycles. The van der Waals surface area contributed by atoms with E-state index in [0.29, 0.717) is 0 Å². The van der Waals surface area contributed by atoms with Crippen molar-refractivity contribution in [1.29, 1.82) is 0 Å². The number of para-hydroxylation sites is 1. The predicted molar refractivity (Wildman–Crippen MR) is 366 cm³/mol. The van der Waals surface area contributed by atoms with Crippen LogP contribution in [0.4, 0.5) is 62.6 Å². The average molecular weight is 1120 g/mol. The van der Waals surface area contributed by atoms with Gasteiger partial charge in [-0.3, -0.25) is 0 Å². The molecule has 1 aromatic heterocycles. The maximum absolute atomic E-state index is 2.89. The van der Waals surface area contributed by atoms with Gasteiger partial charge in [0.2, 0.25) is 0 Å². The normalized spacial score (nSPS) is 18.2. The van der Waals surface area contributed by atoms with Gasteiger partial charge in [0.05, 0.1) is 11.2 Å². The Morgan fingerprint density at radius 3 is 1.44 bits per heavy atom. The molecule has 0 spiro atoms. The van der Waals surface area contributed by atoms with Crippen LogP contribution in [0.3, 0.4) is 0 Å². The lowest BCUT2D eigenvalue weighted by Crippen LogP contribution is -2.64. The zero-order valence-electron chi connectivity index (χ0n) is 52.0. The first-order chi connectivity index (χ1) is 39.9. The number of rotatable bonds is 7. The molecule has 0 N–H and O–H groups in total. The van der Waals surface area contributed by atoms with E-state index in [1.54, 1.807) is 0 Å². The maximum atomic E-state index is 2.89. The minimum atomic E-state index is -0.148. The SMILES string of the molecule is CC(C)(C)c1ccc(N(c2ccc(C(C)(C)C)cc2)c2ccc3c(c2)N(c2ccc4c(c2)sc2ccccc24)c2cc(N(c4ccc(C(C)(C)C)cc4)c4ccc(C(C)(C)C)cc4)cc4c2B3c2cccc3c2N4C2(C)CCCCC32C)cc1. The third-order valence-corrected chi connectivity index (χ3v) is 21.2. The summed E-state index contributed by atoms with van der Waals surface area (Å²) in [6.07, 6.45) is 4.75. The Balaban J connectivity index is 1.08. The van der Waals surface area contributed by atoms with Gasteiger partial charge < -0.3 is 19.6 Å². The van der Waals surface area contributed by atoms with Crippen LogP contribution in [0.15, 0.2) is 188 Å². The van der Waals surface area contributed by atoms with Gasteiger partial charge in [-0.2, -0.15) is 0 Å². The van der Waals surface area contributed by atoms with Gasteiger partial charge in [0.25, 0.3) is 6.71 Å². The lowest BCUT2D eigenvalue weighted by atomic mass is 9.33. The summed E-state index contributed by atoms with van der Waals surface area (Å²) >= 11 is 1.90. The van der Waals surface area contributed by atoms with Gasteiger partial charge in [-0.05, 0) is 177 Å². The van der Waals surface area contributed by atoms with E-state index < -0.39 is 0 Å². The van der Waals surface area contributed by atoms with Crippen LogP contribution in [0.1, 0.15) is 150 Å². The second-order valence-corrected chi connectivity index (χ2v) is 30.5. The van der Waals surface area contributed by atoms with Crippen molar-refractivity contribution < 1.29 is 0 Å². The molecular weight excluding hydrogens is 1040 g/mol. The Bertz CT molecular complexity index is 4110. The quantitative estimate of drug-likeness (QED) is 0.147. The van der Waals surface area contributed by atoms with Crippen molar-refractivity contribution in [2.24, 2.45) is 0 Å². The van der Waals surface area contributed by atoms with Crippen LogP contribution in [0.2, 0.25) is 0 Å². The summed E-state index contributed by atoms with van der Waals surface area (Å²) in [5, 5.41) is 2.61. The second-order valence-electron chi connectivity index (χ2n) is 29.4. The highest BCUT2D eigenvalue weighted by Gasteiger charge is 2.61. The number of hydrogen-bond donors (Lipinski definition) is 0. The number of benzene rings is 9. The minimum Gasteiger partial charge on any atom is -0.335 e. The molecule has 6 heteroatoms. The summed E-state index contributed by atoms with van der Waals surface area (Å²) in [6.45, 7) is 32.9. The van der Waals surface area contributed by atoms with Gasteiger partial charge in [-0.25, -0.2) is 0 Å². The van der Waals surface area contributed by atoms with Crippen molar-refractivity contribution in [3.05, 3.63) is 216 Å². The highest BCUT2D eigenvalue weighted by molar-refractivity contribution is 7.25. The number of anilines is 11. The minimum absolute atomic E-state index is 0.00919. The van der Waals surface area contributed by atoms with Crippen molar-refractivity contribution in [2.75, 3.05) is 19.6 Å². The zero-order valence-corrected chi connectivity index (χ0v) is 52.8. The smallest absolute Gasteiger partial charge is 0.252 e. The Kier molecular flexibility index (Phi) is 12.3. The standard InChI is InChI=1S/C78H81BN4S/c1-73(2,3)50-24-32-54(33-25-50)80(55-34-26-51(27-35-55)74(4,5)6)58-41-43-64-66(46-58)82(59-40-42-62-61-20-15-16-23-69(61)84-70(62)49-59)67-47-60(81(56-36-28-52(29-37-56)75(7,8)9)57-38-30-53(31-39-57)76(10,11)12)48-68-71(67)79(64)65-22-19-21-63-72(65)83(68)78(14)45-18-17-44-77(63,78)13/h15-16,19-43,46-49H,17-18,44-45H2,1-14H3. The van der Waals surface area contributed by atoms with Crippen LogP contribution >= 0.6 is 11.3 Å². The first kappa shape index (κ1) is 54.4. The Morgan fingerprint density at radius 1 is 0.417 bits per heavy atom. The lowest BCUT2D eigenvalue weighted by Gasteiger charge is -2.53. The van der Waals surface area contributed by atoms with Crippen LogP contribution < -0.4 is 36.0 Å². The molecule has 84 heavy (non-hydrogen) atoms. The molecular formula is C78H81BN4S. The maximum Gasteiger partial charge on any atom is 0.252 e. The summed E-state index contributed by atoms with van der Waals surface area (Å²) < 4.78 is 2.60. The fourth-order valence-corrected chi connectivity index (χ4v) is 16.1. The van der Waals surface area contributed by atoms with Crippen molar-refractivity contribution in [3.63, 3.8) is 0 Å². The Hall–Kier alpha value is -7.54. The largest absolute Gasteiger partial charge is 0.335 e. The first-order valence-corrected chi connectivity index (χ1v) is 31.7. The lowest BCUT2D eigenvalue weighted by molar-refractivity contribution is 0.195. The van der Waals surface area contributed by atoms with Gasteiger partial charge in [-0.1, -0.05) is 200 Å². The topological polar surface area (TPSA) is 13.0 Å². The van der Waals surface area contributed by atoms with E-state index in [2.05, 4.69) is 305 Å².